The van der Waals surface area contributed by atoms with Gasteiger partial charge in [-0.25, -0.2) is 0 Å². The Morgan fingerprint density at radius 2 is 1.89 bits per heavy atom. The van der Waals surface area contributed by atoms with Crippen LogP contribution in [0, 0.1) is 0 Å². The molecule has 0 saturated heterocycles. The van der Waals surface area contributed by atoms with E-state index in [2.05, 4.69) is 0 Å². The quantitative estimate of drug-likeness (QED) is 0.879. The van der Waals surface area contributed by atoms with Gasteiger partial charge in [-0.05, 0) is 24.5 Å². The van der Waals surface area contributed by atoms with Crippen molar-refractivity contribution in [1.29, 1.82) is 0 Å². The van der Waals surface area contributed by atoms with E-state index >= 15 is 0 Å². The van der Waals surface area contributed by atoms with Crippen molar-refractivity contribution in [2.24, 2.45) is 5.73 Å². The fourth-order valence-electron chi connectivity index (χ4n) is 2.15. The van der Waals surface area contributed by atoms with Gasteiger partial charge in [0.05, 0.1) is 5.56 Å². The maximum Gasteiger partial charge on any atom is 0.416 e. The Morgan fingerprint density at radius 1 is 1.22 bits per heavy atom. The molecule has 2 nitrogen and oxygen atoms in total. The Kier molecular flexibility index (Phi) is 3.92. The molecule has 18 heavy (non-hydrogen) atoms. The van der Waals surface area contributed by atoms with Crippen LogP contribution in [0.1, 0.15) is 24.0 Å². The lowest BCUT2D eigenvalue weighted by Crippen LogP contribution is -2.31. The average molecular weight is 258 g/mol. The van der Waals surface area contributed by atoms with Crippen molar-refractivity contribution in [2.75, 3.05) is 13.1 Å². The second kappa shape index (κ2) is 5.28. The third-order valence-corrected chi connectivity index (χ3v) is 3.18. The topological polar surface area (TPSA) is 29.3 Å². The minimum Gasteiger partial charge on any atom is -0.329 e. The molecule has 0 aliphatic heterocycles. The molecule has 5 heteroatoms. The van der Waals surface area contributed by atoms with Crippen LogP contribution >= 0.6 is 0 Å². The fourth-order valence-corrected chi connectivity index (χ4v) is 2.15. The van der Waals surface area contributed by atoms with Gasteiger partial charge in [-0.2, -0.15) is 13.2 Å². The van der Waals surface area contributed by atoms with Crippen LogP contribution in [0.5, 0.6) is 0 Å². The number of hydrogen-bond donors (Lipinski definition) is 1. The molecule has 1 saturated carbocycles. The Hall–Kier alpha value is -1.07. The van der Waals surface area contributed by atoms with Gasteiger partial charge in [0.15, 0.2) is 0 Å². The number of nitrogens with two attached hydrogens (primary N) is 1. The first-order valence-corrected chi connectivity index (χ1v) is 6.11. The van der Waals surface area contributed by atoms with Gasteiger partial charge in [0.2, 0.25) is 0 Å². The van der Waals surface area contributed by atoms with Crippen molar-refractivity contribution in [2.45, 2.75) is 31.6 Å². The Bertz CT molecular complexity index is 399. The minimum absolute atomic E-state index is 0.331. The SMILES string of the molecule is NCCN(Cc1ccccc1C(F)(F)F)C1CC1. The molecule has 2 rings (SSSR count). The first-order chi connectivity index (χ1) is 8.52. The molecule has 1 aliphatic rings. The van der Waals surface area contributed by atoms with Gasteiger partial charge in [0, 0.05) is 25.7 Å². The minimum atomic E-state index is -4.28. The molecule has 2 N–H and O–H groups in total. The first-order valence-electron chi connectivity index (χ1n) is 6.11. The van der Waals surface area contributed by atoms with Gasteiger partial charge < -0.3 is 5.73 Å². The summed E-state index contributed by atoms with van der Waals surface area (Å²) < 4.78 is 38.6. The van der Waals surface area contributed by atoms with Crippen LogP contribution in [0.15, 0.2) is 24.3 Å². The summed E-state index contributed by atoms with van der Waals surface area (Å²) in [5, 5.41) is 0. The number of alkyl halides is 3. The van der Waals surface area contributed by atoms with Gasteiger partial charge in [-0.3, -0.25) is 4.90 Å². The molecule has 0 heterocycles. The lowest BCUT2D eigenvalue weighted by atomic mass is 10.1. The molecule has 0 amide bonds. The Balaban J connectivity index is 2.17. The van der Waals surface area contributed by atoms with E-state index in [-0.39, 0.29) is 0 Å². The lowest BCUT2D eigenvalue weighted by molar-refractivity contribution is -0.138. The predicted molar refractivity (Wildman–Crippen MR) is 63.9 cm³/mol. The molecule has 1 fully saturated rings. The summed E-state index contributed by atoms with van der Waals surface area (Å²) in [5.74, 6) is 0. The van der Waals surface area contributed by atoms with Gasteiger partial charge in [-0.1, -0.05) is 18.2 Å². The third kappa shape index (κ3) is 3.23. The van der Waals surface area contributed by atoms with E-state index in [4.69, 9.17) is 5.73 Å². The summed E-state index contributed by atoms with van der Waals surface area (Å²) in [5.41, 5.74) is 5.31. The zero-order chi connectivity index (χ0) is 13.2. The van der Waals surface area contributed by atoms with E-state index in [0.29, 0.717) is 31.2 Å². The number of halogens is 3. The normalized spacial score (nSPS) is 16.3. The zero-order valence-corrected chi connectivity index (χ0v) is 10.1. The van der Waals surface area contributed by atoms with Crippen molar-refractivity contribution in [1.82, 2.24) is 4.90 Å². The van der Waals surface area contributed by atoms with Crippen LogP contribution in [-0.4, -0.2) is 24.0 Å². The van der Waals surface area contributed by atoms with Gasteiger partial charge in [0.25, 0.3) is 0 Å². The standard InChI is InChI=1S/C13H17F3N2/c14-13(15,16)12-4-2-1-3-10(12)9-18(8-7-17)11-5-6-11/h1-4,11H,5-9,17H2. The van der Waals surface area contributed by atoms with Crippen LogP contribution in [-0.2, 0) is 12.7 Å². The molecular weight excluding hydrogens is 241 g/mol. The second-order valence-corrected chi connectivity index (χ2v) is 4.65. The monoisotopic (exact) mass is 258 g/mol. The largest absolute Gasteiger partial charge is 0.416 e. The van der Waals surface area contributed by atoms with Crippen LogP contribution in [0.25, 0.3) is 0 Å². The van der Waals surface area contributed by atoms with Crippen molar-refractivity contribution < 1.29 is 13.2 Å². The van der Waals surface area contributed by atoms with E-state index in [1.807, 2.05) is 4.90 Å². The highest BCUT2D eigenvalue weighted by atomic mass is 19.4. The molecule has 0 aromatic heterocycles. The molecule has 0 bridgehead atoms. The fraction of sp³-hybridized carbons (Fsp3) is 0.538. The van der Waals surface area contributed by atoms with Crippen molar-refractivity contribution >= 4 is 0 Å². The van der Waals surface area contributed by atoms with Crippen LogP contribution in [0.3, 0.4) is 0 Å². The van der Waals surface area contributed by atoms with Gasteiger partial charge >= 0.3 is 6.18 Å². The van der Waals surface area contributed by atoms with E-state index in [1.165, 1.54) is 6.07 Å². The van der Waals surface area contributed by atoms with E-state index in [9.17, 15) is 13.2 Å². The molecule has 0 unspecified atom stereocenters. The maximum atomic E-state index is 12.9. The highest BCUT2D eigenvalue weighted by Crippen LogP contribution is 2.34. The number of rotatable bonds is 5. The molecule has 0 radical (unpaired) electrons. The maximum absolute atomic E-state index is 12.9. The summed E-state index contributed by atoms with van der Waals surface area (Å²) in [6, 6.07) is 6.18. The molecule has 1 aromatic rings. The smallest absolute Gasteiger partial charge is 0.329 e. The third-order valence-electron chi connectivity index (χ3n) is 3.18. The molecule has 1 aromatic carbocycles. The predicted octanol–water partition coefficient (Wildman–Crippen LogP) is 2.63. The molecular formula is C13H17F3N2. The molecule has 1 aliphatic carbocycles. The summed E-state index contributed by atoms with van der Waals surface area (Å²) in [6.45, 7) is 1.46. The first kappa shape index (κ1) is 13.4. The summed E-state index contributed by atoms with van der Waals surface area (Å²) in [4.78, 5) is 2.05. The highest BCUT2D eigenvalue weighted by molar-refractivity contribution is 5.29. The van der Waals surface area contributed by atoms with Crippen molar-refractivity contribution in [3.8, 4) is 0 Å². The molecule has 0 spiro atoms. The summed E-state index contributed by atoms with van der Waals surface area (Å²) >= 11 is 0. The number of hydrogen-bond acceptors (Lipinski definition) is 2. The van der Waals surface area contributed by atoms with Gasteiger partial charge in [-0.15, -0.1) is 0 Å². The summed E-state index contributed by atoms with van der Waals surface area (Å²) in [6.07, 6.45) is -2.16. The Labute approximate surface area is 105 Å². The summed E-state index contributed by atoms with van der Waals surface area (Å²) in [7, 11) is 0. The lowest BCUT2D eigenvalue weighted by Gasteiger charge is -2.23. The second-order valence-electron chi connectivity index (χ2n) is 4.65. The number of nitrogens with zero attached hydrogens (tertiary/aromatic N) is 1. The van der Waals surface area contributed by atoms with Crippen molar-refractivity contribution in [3.05, 3.63) is 35.4 Å². The Morgan fingerprint density at radius 3 is 2.44 bits per heavy atom. The van der Waals surface area contributed by atoms with Gasteiger partial charge in [0.1, 0.15) is 0 Å². The van der Waals surface area contributed by atoms with Crippen molar-refractivity contribution in [3.63, 3.8) is 0 Å². The van der Waals surface area contributed by atoms with Crippen LogP contribution in [0.4, 0.5) is 13.2 Å². The van der Waals surface area contributed by atoms with Crippen LogP contribution < -0.4 is 5.73 Å². The molecule has 0 atom stereocenters. The zero-order valence-electron chi connectivity index (χ0n) is 10.1. The van der Waals surface area contributed by atoms with Crippen LogP contribution in [0.2, 0.25) is 0 Å². The average Bonchev–Trinajstić information content (AvgIpc) is 3.11. The number of benzene rings is 1. The highest BCUT2D eigenvalue weighted by Gasteiger charge is 2.35. The molecule has 100 valence electrons. The van der Waals surface area contributed by atoms with E-state index < -0.39 is 11.7 Å². The van der Waals surface area contributed by atoms with E-state index in [0.717, 1.165) is 18.9 Å². The van der Waals surface area contributed by atoms with E-state index in [1.54, 1.807) is 12.1 Å².